The maximum Gasteiger partial charge on any atom is 0.175 e. The van der Waals surface area contributed by atoms with E-state index in [9.17, 15) is 0 Å². The number of nitrogens with zero attached hydrogens (tertiary/aromatic N) is 1. The van der Waals surface area contributed by atoms with Crippen LogP contribution in [0.4, 0.5) is 17.1 Å². The van der Waals surface area contributed by atoms with E-state index in [0.717, 1.165) is 17.1 Å². The Kier molecular flexibility index (Phi) is 4.58. The lowest BCUT2D eigenvalue weighted by Crippen LogP contribution is -2.19. The molecule has 3 nitrogen and oxygen atoms in total. The van der Waals surface area contributed by atoms with Gasteiger partial charge in [0.1, 0.15) is 0 Å². The van der Waals surface area contributed by atoms with E-state index in [4.69, 9.17) is 12.2 Å². The summed E-state index contributed by atoms with van der Waals surface area (Å²) < 4.78 is 0. The molecule has 4 heteroatoms. The lowest BCUT2D eigenvalue weighted by molar-refractivity contribution is 1.13. The Balaban J connectivity index is 1.95. The molecule has 2 aromatic carbocycles. The normalized spacial score (nSPS) is 9.95. The Bertz CT molecular complexity index is 574. The summed E-state index contributed by atoms with van der Waals surface area (Å²) in [7, 11) is 4.04. The lowest BCUT2D eigenvalue weighted by atomic mass is 10.2. The van der Waals surface area contributed by atoms with Crippen molar-refractivity contribution < 1.29 is 0 Å². The zero-order chi connectivity index (χ0) is 14.5. The average Bonchev–Trinajstić information content (AvgIpc) is 2.42. The van der Waals surface area contributed by atoms with Gasteiger partial charge in [0.05, 0.1) is 0 Å². The number of anilines is 3. The maximum absolute atomic E-state index is 5.30. The van der Waals surface area contributed by atoms with Crippen LogP contribution in [0.1, 0.15) is 5.56 Å². The van der Waals surface area contributed by atoms with Crippen LogP contribution in [0.15, 0.2) is 48.5 Å². The number of rotatable bonds is 3. The zero-order valence-electron chi connectivity index (χ0n) is 12.0. The van der Waals surface area contributed by atoms with Crippen LogP contribution in [0.25, 0.3) is 0 Å². The van der Waals surface area contributed by atoms with E-state index in [1.165, 1.54) is 5.56 Å². The molecule has 104 valence electrons. The average molecular weight is 285 g/mol. The van der Waals surface area contributed by atoms with Gasteiger partial charge >= 0.3 is 0 Å². The van der Waals surface area contributed by atoms with Gasteiger partial charge in [-0.25, -0.2) is 0 Å². The first-order valence-electron chi connectivity index (χ1n) is 6.46. The molecular weight excluding hydrogens is 266 g/mol. The van der Waals surface area contributed by atoms with E-state index < -0.39 is 0 Å². The molecule has 0 atom stereocenters. The van der Waals surface area contributed by atoms with E-state index >= 15 is 0 Å². The van der Waals surface area contributed by atoms with Crippen LogP contribution < -0.4 is 15.5 Å². The molecule has 0 saturated carbocycles. The van der Waals surface area contributed by atoms with Gasteiger partial charge in [0, 0.05) is 31.2 Å². The Morgan fingerprint density at radius 3 is 1.75 bits per heavy atom. The summed E-state index contributed by atoms with van der Waals surface area (Å²) >= 11 is 5.30. The van der Waals surface area contributed by atoms with Crippen molar-refractivity contribution in [1.29, 1.82) is 0 Å². The topological polar surface area (TPSA) is 27.3 Å². The van der Waals surface area contributed by atoms with Crippen molar-refractivity contribution in [2.45, 2.75) is 6.92 Å². The third-order valence-electron chi connectivity index (χ3n) is 2.95. The minimum absolute atomic E-state index is 0.589. The molecule has 0 amide bonds. The summed E-state index contributed by atoms with van der Waals surface area (Å²) in [6.07, 6.45) is 0. The van der Waals surface area contributed by atoms with Crippen molar-refractivity contribution >= 4 is 34.4 Å². The molecular formula is C16H19N3S. The predicted octanol–water partition coefficient (Wildman–Crippen LogP) is 3.87. The van der Waals surface area contributed by atoms with Gasteiger partial charge in [0.2, 0.25) is 0 Å². The number of benzene rings is 2. The Labute approximate surface area is 125 Å². The first-order chi connectivity index (χ1) is 9.54. The van der Waals surface area contributed by atoms with Gasteiger partial charge < -0.3 is 15.5 Å². The molecule has 0 aromatic heterocycles. The maximum atomic E-state index is 5.30. The number of thiocarbonyl (C=S) groups is 1. The fraction of sp³-hybridized carbons (Fsp3) is 0.188. The van der Waals surface area contributed by atoms with Gasteiger partial charge in [-0.2, -0.15) is 0 Å². The van der Waals surface area contributed by atoms with Crippen molar-refractivity contribution in [3.05, 3.63) is 54.1 Å². The summed E-state index contributed by atoms with van der Waals surface area (Å²) in [5, 5.41) is 6.93. The number of hydrogen-bond acceptors (Lipinski definition) is 2. The Hall–Kier alpha value is -2.07. The van der Waals surface area contributed by atoms with Crippen LogP contribution in [-0.4, -0.2) is 19.2 Å². The van der Waals surface area contributed by atoms with Crippen molar-refractivity contribution in [1.82, 2.24) is 0 Å². The highest BCUT2D eigenvalue weighted by molar-refractivity contribution is 7.80. The molecule has 0 aliphatic heterocycles. The van der Waals surface area contributed by atoms with Crippen molar-refractivity contribution in [2.24, 2.45) is 0 Å². The molecule has 0 heterocycles. The van der Waals surface area contributed by atoms with E-state index in [0.29, 0.717) is 5.11 Å². The van der Waals surface area contributed by atoms with Crippen LogP contribution in [0.3, 0.4) is 0 Å². The van der Waals surface area contributed by atoms with E-state index in [2.05, 4.69) is 46.7 Å². The van der Waals surface area contributed by atoms with Crippen LogP contribution in [0, 0.1) is 6.92 Å². The summed E-state index contributed by atoms with van der Waals surface area (Å²) in [5.41, 5.74) is 4.35. The Morgan fingerprint density at radius 1 is 0.850 bits per heavy atom. The standard InChI is InChI=1S/C16H19N3S/c1-12-4-6-13(7-5-12)17-16(20)18-14-8-10-15(11-9-14)19(2)3/h4-11H,1-3H3,(H2,17,18,20). The second kappa shape index (κ2) is 6.39. The van der Waals surface area contributed by atoms with E-state index in [1.807, 2.05) is 38.4 Å². The molecule has 0 fully saturated rings. The Morgan fingerprint density at radius 2 is 1.30 bits per heavy atom. The number of nitrogens with one attached hydrogen (secondary N) is 2. The van der Waals surface area contributed by atoms with Gasteiger partial charge in [0.25, 0.3) is 0 Å². The first kappa shape index (κ1) is 14.3. The van der Waals surface area contributed by atoms with E-state index in [1.54, 1.807) is 0 Å². The molecule has 0 bridgehead atoms. The second-order valence-electron chi connectivity index (χ2n) is 4.89. The van der Waals surface area contributed by atoms with Crippen LogP contribution in [0.2, 0.25) is 0 Å². The van der Waals surface area contributed by atoms with Gasteiger partial charge in [-0.3, -0.25) is 0 Å². The van der Waals surface area contributed by atoms with Gasteiger partial charge in [-0.05, 0) is 55.5 Å². The highest BCUT2D eigenvalue weighted by Gasteiger charge is 2.00. The predicted molar refractivity (Wildman–Crippen MR) is 91.8 cm³/mol. The molecule has 2 rings (SSSR count). The minimum atomic E-state index is 0.589. The second-order valence-corrected chi connectivity index (χ2v) is 5.29. The fourth-order valence-electron chi connectivity index (χ4n) is 1.77. The third kappa shape index (κ3) is 3.96. The summed E-state index contributed by atoms with van der Waals surface area (Å²) in [6.45, 7) is 2.06. The van der Waals surface area contributed by atoms with Gasteiger partial charge in [0.15, 0.2) is 5.11 Å². The summed E-state index contributed by atoms with van der Waals surface area (Å²) in [4.78, 5) is 2.06. The number of hydrogen-bond donors (Lipinski definition) is 2. The van der Waals surface area contributed by atoms with Crippen LogP contribution >= 0.6 is 12.2 Å². The van der Waals surface area contributed by atoms with Crippen molar-refractivity contribution in [3.63, 3.8) is 0 Å². The smallest absolute Gasteiger partial charge is 0.175 e. The first-order valence-corrected chi connectivity index (χ1v) is 6.87. The largest absolute Gasteiger partial charge is 0.378 e. The van der Waals surface area contributed by atoms with Gasteiger partial charge in [-0.1, -0.05) is 17.7 Å². The number of aryl methyl sites for hydroxylation is 1. The highest BCUT2D eigenvalue weighted by atomic mass is 32.1. The monoisotopic (exact) mass is 285 g/mol. The van der Waals surface area contributed by atoms with Crippen molar-refractivity contribution in [3.8, 4) is 0 Å². The van der Waals surface area contributed by atoms with Crippen LogP contribution in [0.5, 0.6) is 0 Å². The molecule has 0 aliphatic carbocycles. The minimum Gasteiger partial charge on any atom is -0.378 e. The summed E-state index contributed by atoms with van der Waals surface area (Å²) in [6, 6.07) is 16.3. The summed E-state index contributed by atoms with van der Waals surface area (Å²) in [5.74, 6) is 0. The SMILES string of the molecule is Cc1ccc(NC(=S)Nc2ccc(N(C)C)cc2)cc1. The molecule has 2 N–H and O–H groups in total. The van der Waals surface area contributed by atoms with Gasteiger partial charge in [-0.15, -0.1) is 0 Å². The highest BCUT2D eigenvalue weighted by Crippen LogP contribution is 2.16. The molecule has 0 unspecified atom stereocenters. The molecule has 20 heavy (non-hydrogen) atoms. The molecule has 0 saturated heterocycles. The lowest BCUT2D eigenvalue weighted by Gasteiger charge is -2.14. The zero-order valence-corrected chi connectivity index (χ0v) is 12.8. The third-order valence-corrected chi connectivity index (χ3v) is 3.16. The van der Waals surface area contributed by atoms with Crippen molar-refractivity contribution in [2.75, 3.05) is 29.6 Å². The molecule has 0 radical (unpaired) electrons. The molecule has 0 spiro atoms. The molecule has 2 aromatic rings. The molecule has 0 aliphatic rings. The van der Waals surface area contributed by atoms with E-state index in [-0.39, 0.29) is 0 Å². The quantitative estimate of drug-likeness (QED) is 0.837. The van der Waals surface area contributed by atoms with Crippen LogP contribution in [-0.2, 0) is 0 Å². The fourth-order valence-corrected chi connectivity index (χ4v) is 2.01.